The summed E-state index contributed by atoms with van der Waals surface area (Å²) in [7, 11) is 0. The zero-order valence-corrected chi connectivity index (χ0v) is 10.2. The molecule has 0 bridgehead atoms. The lowest BCUT2D eigenvalue weighted by molar-refractivity contribution is 1.14. The van der Waals surface area contributed by atoms with E-state index in [0.717, 1.165) is 11.1 Å². The highest BCUT2D eigenvalue weighted by Crippen LogP contribution is 2.28. The van der Waals surface area contributed by atoms with Crippen LogP contribution in [0.2, 0.25) is 5.02 Å². The first-order chi connectivity index (χ1) is 7.66. The number of benzene rings is 1. The smallest absolute Gasteiger partial charge is 0.0987 e. The molecule has 82 valence electrons. The van der Waals surface area contributed by atoms with E-state index in [1.54, 1.807) is 23.3 Å². The summed E-state index contributed by atoms with van der Waals surface area (Å²) >= 11 is 12.3. The summed E-state index contributed by atoms with van der Waals surface area (Å²) in [6, 6.07) is 5.78. The zero-order valence-electron chi connectivity index (χ0n) is 8.69. The molecule has 2 rings (SSSR count). The number of aromatic nitrogens is 2. The average Bonchev–Trinajstić information content (AvgIpc) is 2.70. The molecule has 0 aliphatic rings. The predicted molar refractivity (Wildman–Crippen MR) is 68.4 cm³/mol. The third kappa shape index (κ3) is 2.46. The Kier molecular flexibility index (Phi) is 3.32. The van der Waals surface area contributed by atoms with E-state index in [0.29, 0.717) is 10.1 Å². The summed E-state index contributed by atoms with van der Waals surface area (Å²) in [6.45, 7) is 1.99. The van der Waals surface area contributed by atoms with E-state index in [9.17, 15) is 0 Å². The van der Waals surface area contributed by atoms with Gasteiger partial charge in [-0.2, -0.15) is 0 Å². The SMILES string of the molecule is Cc1ccc(C(Cl)=Cn2ccnc2)c(Cl)c1. The van der Waals surface area contributed by atoms with Gasteiger partial charge in [-0.1, -0.05) is 35.3 Å². The molecular formula is C12H10Cl2N2. The molecule has 0 fully saturated rings. The van der Waals surface area contributed by atoms with Crippen LogP contribution in [-0.2, 0) is 0 Å². The third-order valence-corrected chi connectivity index (χ3v) is 2.78. The molecule has 0 aliphatic carbocycles. The number of imidazole rings is 1. The standard InChI is InChI=1S/C12H10Cl2N2/c1-9-2-3-10(11(13)6-9)12(14)7-16-5-4-15-8-16/h2-8H,1H3. The minimum atomic E-state index is 0.586. The van der Waals surface area contributed by atoms with E-state index < -0.39 is 0 Å². The molecule has 0 N–H and O–H groups in total. The number of aryl methyl sites for hydroxylation is 1. The molecule has 1 heterocycles. The lowest BCUT2D eigenvalue weighted by Crippen LogP contribution is -1.85. The molecule has 0 saturated carbocycles. The van der Waals surface area contributed by atoms with Gasteiger partial charge in [0.15, 0.2) is 0 Å². The second-order valence-electron chi connectivity index (χ2n) is 3.47. The molecule has 0 aliphatic heterocycles. The van der Waals surface area contributed by atoms with Gasteiger partial charge in [0.2, 0.25) is 0 Å². The molecule has 16 heavy (non-hydrogen) atoms. The van der Waals surface area contributed by atoms with Crippen molar-refractivity contribution in [3.63, 3.8) is 0 Å². The van der Waals surface area contributed by atoms with Crippen LogP contribution < -0.4 is 0 Å². The summed E-state index contributed by atoms with van der Waals surface area (Å²) in [5.41, 5.74) is 1.93. The predicted octanol–water partition coefficient (Wildman–Crippen LogP) is 4.04. The summed E-state index contributed by atoms with van der Waals surface area (Å²) in [4.78, 5) is 3.93. The number of hydrogen-bond acceptors (Lipinski definition) is 1. The first kappa shape index (κ1) is 11.2. The largest absolute Gasteiger partial charge is 0.312 e. The van der Waals surface area contributed by atoms with Crippen LogP contribution in [0.5, 0.6) is 0 Å². The van der Waals surface area contributed by atoms with Crippen LogP contribution in [0.25, 0.3) is 11.2 Å². The maximum Gasteiger partial charge on any atom is 0.0987 e. The van der Waals surface area contributed by atoms with E-state index in [-0.39, 0.29) is 0 Å². The summed E-state index contributed by atoms with van der Waals surface area (Å²) in [5, 5.41) is 1.24. The van der Waals surface area contributed by atoms with E-state index in [4.69, 9.17) is 23.2 Å². The molecule has 0 spiro atoms. The van der Waals surface area contributed by atoms with Crippen LogP contribution in [0, 0.1) is 6.92 Å². The highest BCUT2D eigenvalue weighted by atomic mass is 35.5. The van der Waals surface area contributed by atoms with Gasteiger partial charge >= 0.3 is 0 Å². The quantitative estimate of drug-likeness (QED) is 0.789. The Morgan fingerprint density at radius 1 is 1.44 bits per heavy atom. The highest BCUT2D eigenvalue weighted by Gasteiger charge is 2.04. The van der Waals surface area contributed by atoms with Crippen molar-refractivity contribution in [3.8, 4) is 0 Å². The van der Waals surface area contributed by atoms with E-state index in [2.05, 4.69) is 4.98 Å². The number of rotatable bonds is 2. The second kappa shape index (κ2) is 4.73. The van der Waals surface area contributed by atoms with E-state index in [1.807, 2.05) is 31.3 Å². The number of hydrogen-bond donors (Lipinski definition) is 0. The molecule has 0 unspecified atom stereocenters. The van der Waals surface area contributed by atoms with Crippen molar-refractivity contribution in [1.29, 1.82) is 0 Å². The van der Waals surface area contributed by atoms with Crippen LogP contribution >= 0.6 is 23.2 Å². The topological polar surface area (TPSA) is 17.8 Å². The lowest BCUT2D eigenvalue weighted by atomic mass is 10.1. The van der Waals surface area contributed by atoms with Gasteiger partial charge in [0.1, 0.15) is 0 Å². The van der Waals surface area contributed by atoms with Gasteiger partial charge < -0.3 is 4.57 Å². The molecule has 0 radical (unpaired) electrons. The van der Waals surface area contributed by atoms with E-state index in [1.165, 1.54) is 0 Å². The van der Waals surface area contributed by atoms with Gasteiger partial charge in [-0.15, -0.1) is 0 Å². The molecule has 0 saturated heterocycles. The molecular weight excluding hydrogens is 243 g/mol. The number of nitrogens with zero attached hydrogens (tertiary/aromatic N) is 2. The Bertz CT molecular complexity index is 516. The molecule has 1 aromatic heterocycles. The highest BCUT2D eigenvalue weighted by molar-refractivity contribution is 6.52. The Hall–Kier alpha value is -1.25. The van der Waals surface area contributed by atoms with Crippen LogP contribution in [0.3, 0.4) is 0 Å². The first-order valence-electron chi connectivity index (χ1n) is 4.78. The van der Waals surface area contributed by atoms with Gasteiger partial charge in [0, 0.05) is 29.2 Å². The summed E-state index contributed by atoms with van der Waals surface area (Å²) < 4.78 is 1.78. The fourth-order valence-corrected chi connectivity index (χ4v) is 2.02. The van der Waals surface area contributed by atoms with Crippen molar-refractivity contribution < 1.29 is 0 Å². The normalized spacial score (nSPS) is 11.8. The molecule has 4 heteroatoms. The maximum atomic E-state index is 6.18. The fourth-order valence-electron chi connectivity index (χ4n) is 1.36. The van der Waals surface area contributed by atoms with Gasteiger partial charge in [0.05, 0.1) is 11.4 Å². The summed E-state index contributed by atoms with van der Waals surface area (Å²) in [6.07, 6.45) is 6.94. The number of halogens is 2. The van der Waals surface area contributed by atoms with Crippen LogP contribution in [-0.4, -0.2) is 9.55 Å². The van der Waals surface area contributed by atoms with Crippen molar-refractivity contribution in [3.05, 3.63) is 53.1 Å². The Morgan fingerprint density at radius 3 is 2.88 bits per heavy atom. The fraction of sp³-hybridized carbons (Fsp3) is 0.0833. The van der Waals surface area contributed by atoms with Gasteiger partial charge in [-0.05, 0) is 18.6 Å². The van der Waals surface area contributed by atoms with Crippen LogP contribution in [0.1, 0.15) is 11.1 Å². The Balaban J connectivity index is 2.37. The van der Waals surface area contributed by atoms with Crippen molar-refractivity contribution in [1.82, 2.24) is 9.55 Å². The van der Waals surface area contributed by atoms with Crippen LogP contribution in [0.4, 0.5) is 0 Å². The minimum absolute atomic E-state index is 0.586. The monoisotopic (exact) mass is 252 g/mol. The molecule has 2 nitrogen and oxygen atoms in total. The van der Waals surface area contributed by atoms with E-state index >= 15 is 0 Å². The maximum absolute atomic E-state index is 6.18. The molecule has 0 atom stereocenters. The minimum Gasteiger partial charge on any atom is -0.312 e. The lowest BCUT2D eigenvalue weighted by Gasteiger charge is -2.04. The van der Waals surface area contributed by atoms with Gasteiger partial charge in [-0.25, -0.2) is 4.98 Å². The van der Waals surface area contributed by atoms with Gasteiger partial charge in [0.25, 0.3) is 0 Å². The van der Waals surface area contributed by atoms with Crippen LogP contribution in [0.15, 0.2) is 36.9 Å². The second-order valence-corrected chi connectivity index (χ2v) is 4.28. The summed E-state index contributed by atoms with van der Waals surface area (Å²) in [5.74, 6) is 0. The first-order valence-corrected chi connectivity index (χ1v) is 5.53. The third-order valence-electron chi connectivity index (χ3n) is 2.17. The van der Waals surface area contributed by atoms with Crippen molar-refractivity contribution in [2.45, 2.75) is 6.92 Å². The Morgan fingerprint density at radius 2 is 2.25 bits per heavy atom. The zero-order chi connectivity index (χ0) is 11.5. The Labute approximate surface area is 104 Å². The van der Waals surface area contributed by atoms with Gasteiger partial charge in [-0.3, -0.25) is 0 Å². The van der Waals surface area contributed by atoms with Crippen molar-refractivity contribution >= 4 is 34.4 Å². The molecule has 0 amide bonds. The molecule has 2 aromatic rings. The molecule has 1 aromatic carbocycles. The van der Waals surface area contributed by atoms with Crippen molar-refractivity contribution in [2.24, 2.45) is 0 Å². The van der Waals surface area contributed by atoms with Crippen molar-refractivity contribution in [2.75, 3.05) is 0 Å². The average molecular weight is 253 g/mol.